The predicted octanol–water partition coefficient (Wildman–Crippen LogP) is -0.145. The van der Waals surface area contributed by atoms with Gasteiger partial charge in [-0.15, -0.1) is 0 Å². The molecule has 3 nitrogen and oxygen atoms in total. The van der Waals surface area contributed by atoms with Crippen LogP contribution in [0.1, 0.15) is 6.92 Å². The third kappa shape index (κ3) is 1.03. The number of amides is 1. The molecule has 0 spiro atoms. The van der Waals surface area contributed by atoms with E-state index in [0.29, 0.717) is 5.36 Å². The summed E-state index contributed by atoms with van der Waals surface area (Å²) in [6.07, 6.45) is 0. The third-order valence-electron chi connectivity index (χ3n) is 1.80. The molecule has 1 aromatic carbocycles. The van der Waals surface area contributed by atoms with Gasteiger partial charge in [0.05, 0.1) is 10.7 Å². The van der Waals surface area contributed by atoms with E-state index in [1.165, 1.54) is 0 Å². The molecule has 0 saturated carbocycles. The smallest absolute Gasteiger partial charge is 0.270 e. The van der Waals surface area contributed by atoms with Crippen LogP contribution in [0.3, 0.4) is 0 Å². The molecule has 1 aromatic rings. The molecular weight excluding hydrogens is 152 g/mol. The summed E-state index contributed by atoms with van der Waals surface area (Å²) in [5.41, 5.74) is 0. The van der Waals surface area contributed by atoms with Gasteiger partial charge >= 0.3 is 0 Å². The third-order valence-corrected chi connectivity index (χ3v) is 1.80. The SMILES string of the molecule is CC1N=c2ccccc2=NC1=O. The Kier molecular flexibility index (Phi) is 1.50. The number of benzene rings is 1. The number of rotatable bonds is 0. The van der Waals surface area contributed by atoms with Crippen molar-refractivity contribution >= 4 is 5.91 Å². The first-order valence-corrected chi connectivity index (χ1v) is 3.83. The highest BCUT2D eigenvalue weighted by atomic mass is 16.1. The summed E-state index contributed by atoms with van der Waals surface area (Å²) >= 11 is 0. The maximum Gasteiger partial charge on any atom is 0.270 e. The number of carbonyl (C=O) groups is 1. The van der Waals surface area contributed by atoms with Gasteiger partial charge < -0.3 is 0 Å². The van der Waals surface area contributed by atoms with Crippen LogP contribution in [0, 0.1) is 0 Å². The largest absolute Gasteiger partial charge is 0.270 e. The Hall–Kier alpha value is -1.51. The van der Waals surface area contributed by atoms with E-state index in [0.717, 1.165) is 5.36 Å². The molecular formula is C9H8N2O. The first kappa shape index (κ1) is 7.16. The molecule has 0 fully saturated rings. The Bertz CT molecular complexity index is 436. The van der Waals surface area contributed by atoms with E-state index in [1.807, 2.05) is 18.2 Å². The van der Waals surface area contributed by atoms with Crippen LogP contribution in [0.25, 0.3) is 0 Å². The summed E-state index contributed by atoms with van der Waals surface area (Å²) in [7, 11) is 0. The van der Waals surface area contributed by atoms with E-state index in [4.69, 9.17) is 0 Å². The molecule has 1 unspecified atom stereocenters. The summed E-state index contributed by atoms with van der Waals surface area (Å²) in [5, 5.41) is 1.49. The van der Waals surface area contributed by atoms with E-state index < -0.39 is 0 Å². The lowest BCUT2D eigenvalue weighted by Gasteiger charge is -2.04. The first-order valence-electron chi connectivity index (χ1n) is 3.83. The van der Waals surface area contributed by atoms with Crippen molar-refractivity contribution in [1.29, 1.82) is 0 Å². The van der Waals surface area contributed by atoms with Crippen LogP contribution in [0.5, 0.6) is 0 Å². The average Bonchev–Trinajstić information content (AvgIpc) is 2.07. The normalized spacial score (nSPS) is 20.8. The molecule has 1 amide bonds. The molecule has 0 saturated heterocycles. The summed E-state index contributed by atoms with van der Waals surface area (Å²) in [5.74, 6) is -0.159. The minimum absolute atomic E-state index is 0.159. The van der Waals surface area contributed by atoms with Crippen molar-refractivity contribution in [2.24, 2.45) is 9.98 Å². The molecule has 2 rings (SSSR count). The topological polar surface area (TPSA) is 41.8 Å². The van der Waals surface area contributed by atoms with Gasteiger partial charge in [-0.25, -0.2) is 4.99 Å². The number of hydrogen-bond acceptors (Lipinski definition) is 2. The lowest BCUT2D eigenvalue weighted by Crippen LogP contribution is -2.35. The second kappa shape index (κ2) is 2.52. The van der Waals surface area contributed by atoms with Crippen molar-refractivity contribution < 1.29 is 4.79 Å². The van der Waals surface area contributed by atoms with Crippen LogP contribution in [-0.2, 0) is 4.79 Å². The Morgan fingerprint density at radius 3 is 2.67 bits per heavy atom. The molecule has 0 bridgehead atoms. The predicted molar refractivity (Wildman–Crippen MR) is 43.2 cm³/mol. The van der Waals surface area contributed by atoms with Gasteiger partial charge in [-0.1, -0.05) is 12.1 Å². The number of carbonyl (C=O) groups excluding carboxylic acids is 1. The van der Waals surface area contributed by atoms with Gasteiger partial charge in [0, 0.05) is 0 Å². The van der Waals surface area contributed by atoms with Crippen LogP contribution >= 0.6 is 0 Å². The molecule has 0 radical (unpaired) electrons. The second-order valence-corrected chi connectivity index (χ2v) is 2.74. The van der Waals surface area contributed by atoms with Crippen LogP contribution in [0.2, 0.25) is 0 Å². The van der Waals surface area contributed by atoms with Gasteiger partial charge in [-0.3, -0.25) is 9.79 Å². The second-order valence-electron chi connectivity index (χ2n) is 2.74. The van der Waals surface area contributed by atoms with Crippen LogP contribution in [-0.4, -0.2) is 11.9 Å². The van der Waals surface area contributed by atoms with Crippen molar-refractivity contribution in [1.82, 2.24) is 0 Å². The van der Waals surface area contributed by atoms with Crippen LogP contribution < -0.4 is 10.7 Å². The van der Waals surface area contributed by atoms with E-state index in [1.54, 1.807) is 13.0 Å². The zero-order chi connectivity index (χ0) is 8.55. The molecule has 0 aliphatic carbocycles. The van der Waals surface area contributed by atoms with E-state index >= 15 is 0 Å². The minimum Gasteiger partial charge on any atom is -0.270 e. The average molecular weight is 160 g/mol. The fourth-order valence-electron chi connectivity index (χ4n) is 1.14. The Morgan fingerprint density at radius 1 is 1.25 bits per heavy atom. The van der Waals surface area contributed by atoms with E-state index in [2.05, 4.69) is 9.98 Å². The van der Waals surface area contributed by atoms with E-state index in [-0.39, 0.29) is 11.9 Å². The van der Waals surface area contributed by atoms with Gasteiger partial charge in [0.25, 0.3) is 5.91 Å². The lowest BCUT2D eigenvalue weighted by atomic mass is 10.2. The van der Waals surface area contributed by atoms with Crippen molar-refractivity contribution in [2.75, 3.05) is 0 Å². The summed E-state index contributed by atoms with van der Waals surface area (Å²) in [4.78, 5) is 19.2. The first-order chi connectivity index (χ1) is 5.77. The Balaban J connectivity index is 2.79. The number of nitrogens with zero attached hydrogens (tertiary/aromatic N) is 2. The molecule has 1 heterocycles. The van der Waals surface area contributed by atoms with Crippen LogP contribution in [0.4, 0.5) is 0 Å². The highest BCUT2D eigenvalue weighted by Gasteiger charge is 2.12. The fraction of sp³-hybridized carbons (Fsp3) is 0.222. The van der Waals surface area contributed by atoms with Crippen molar-refractivity contribution in [3.05, 3.63) is 35.0 Å². The Morgan fingerprint density at radius 2 is 1.92 bits per heavy atom. The molecule has 3 heteroatoms. The minimum atomic E-state index is -0.320. The van der Waals surface area contributed by atoms with Gasteiger partial charge in [0.2, 0.25) is 0 Å². The molecule has 60 valence electrons. The molecule has 1 aliphatic heterocycles. The van der Waals surface area contributed by atoms with Crippen LogP contribution in [0.15, 0.2) is 34.3 Å². The number of hydrogen-bond donors (Lipinski definition) is 0. The number of fused-ring (bicyclic) bond motifs is 1. The van der Waals surface area contributed by atoms with Crippen molar-refractivity contribution in [3.63, 3.8) is 0 Å². The van der Waals surface area contributed by atoms with Gasteiger partial charge in [-0.2, -0.15) is 0 Å². The van der Waals surface area contributed by atoms with Crippen molar-refractivity contribution in [2.45, 2.75) is 13.0 Å². The number of para-hydroxylation sites is 2. The zero-order valence-electron chi connectivity index (χ0n) is 6.69. The Labute approximate surface area is 69.5 Å². The monoisotopic (exact) mass is 160 g/mol. The molecule has 12 heavy (non-hydrogen) atoms. The quantitative estimate of drug-likeness (QED) is 0.520. The molecule has 0 aromatic heterocycles. The van der Waals surface area contributed by atoms with Gasteiger partial charge in [-0.05, 0) is 19.1 Å². The summed E-state index contributed by atoms with van der Waals surface area (Å²) < 4.78 is 0. The van der Waals surface area contributed by atoms with Crippen molar-refractivity contribution in [3.8, 4) is 0 Å². The van der Waals surface area contributed by atoms with Gasteiger partial charge in [0.15, 0.2) is 0 Å². The molecule has 0 N–H and O–H groups in total. The standard InChI is InChI=1S/C9H8N2O/c1-6-9(12)11-8-5-3-2-4-7(8)10-6/h2-6H,1H3. The highest BCUT2D eigenvalue weighted by Crippen LogP contribution is 1.93. The lowest BCUT2D eigenvalue weighted by molar-refractivity contribution is -0.119. The molecule has 1 atom stereocenters. The van der Waals surface area contributed by atoms with Gasteiger partial charge in [0.1, 0.15) is 6.04 Å². The fourth-order valence-corrected chi connectivity index (χ4v) is 1.14. The summed E-state index contributed by atoms with van der Waals surface area (Å²) in [6.45, 7) is 1.75. The highest BCUT2D eigenvalue weighted by molar-refractivity contribution is 5.82. The summed E-state index contributed by atoms with van der Waals surface area (Å²) in [6, 6.07) is 7.08. The molecule has 1 aliphatic rings. The maximum absolute atomic E-state index is 11.1. The van der Waals surface area contributed by atoms with E-state index in [9.17, 15) is 4.79 Å². The zero-order valence-corrected chi connectivity index (χ0v) is 6.69. The maximum atomic E-state index is 11.1.